The average molecular weight is 417 g/mol. The maximum atomic E-state index is 12.5. The smallest absolute Gasteiger partial charge is 0.299 e. The van der Waals surface area contributed by atoms with E-state index in [1.807, 2.05) is 62.4 Å². The van der Waals surface area contributed by atoms with Crippen molar-refractivity contribution in [2.75, 3.05) is 16.1 Å². The van der Waals surface area contributed by atoms with Crippen molar-refractivity contribution >= 4 is 45.3 Å². The summed E-state index contributed by atoms with van der Waals surface area (Å²) in [6.45, 7) is 4.04. The molecule has 2 heterocycles. The Morgan fingerprint density at radius 2 is 1.53 bits per heavy atom. The van der Waals surface area contributed by atoms with Crippen LogP contribution < -0.4 is 16.1 Å². The zero-order valence-corrected chi connectivity index (χ0v) is 17.2. The lowest BCUT2D eigenvalue weighted by atomic mass is 10.1. The number of benzene rings is 2. The van der Waals surface area contributed by atoms with Crippen LogP contribution in [0.5, 0.6) is 0 Å². The Morgan fingerprint density at radius 3 is 2.13 bits per heavy atom. The highest BCUT2D eigenvalue weighted by atomic mass is 32.1. The van der Waals surface area contributed by atoms with Crippen molar-refractivity contribution in [2.24, 2.45) is 10.1 Å². The Balaban J connectivity index is 1.63. The highest BCUT2D eigenvalue weighted by Crippen LogP contribution is 2.18. The minimum atomic E-state index is -0.462. The molecule has 3 N–H and O–H groups in total. The SMILES string of the molecule is Cc1ccc(NC2=CC(=NNc3nncs3)C(=O)N=C2Nc2ccc(C)cc2)cc1. The van der Waals surface area contributed by atoms with Gasteiger partial charge in [-0.05, 0) is 44.2 Å². The molecule has 0 fully saturated rings. The number of anilines is 3. The highest BCUT2D eigenvalue weighted by molar-refractivity contribution is 7.13. The number of aryl methyl sites for hydroxylation is 2. The van der Waals surface area contributed by atoms with Gasteiger partial charge in [0.1, 0.15) is 5.51 Å². The molecule has 150 valence electrons. The molecular formula is C21H19N7OS. The molecule has 1 aliphatic heterocycles. The lowest BCUT2D eigenvalue weighted by Gasteiger charge is -2.19. The number of carbonyl (C=O) groups is 1. The van der Waals surface area contributed by atoms with Gasteiger partial charge in [-0.3, -0.25) is 10.2 Å². The number of hydrazone groups is 1. The van der Waals surface area contributed by atoms with Crippen LogP contribution in [0.15, 0.2) is 75.9 Å². The van der Waals surface area contributed by atoms with E-state index < -0.39 is 5.91 Å². The number of hydrogen-bond acceptors (Lipinski definition) is 8. The molecule has 4 rings (SSSR count). The molecule has 9 heteroatoms. The van der Waals surface area contributed by atoms with Gasteiger partial charge in [-0.2, -0.15) is 10.1 Å². The number of nitrogens with one attached hydrogen (secondary N) is 3. The Morgan fingerprint density at radius 1 is 0.900 bits per heavy atom. The van der Waals surface area contributed by atoms with E-state index in [-0.39, 0.29) is 5.71 Å². The van der Waals surface area contributed by atoms with E-state index in [9.17, 15) is 4.79 Å². The summed E-state index contributed by atoms with van der Waals surface area (Å²) >= 11 is 1.28. The normalized spacial score (nSPS) is 14.9. The van der Waals surface area contributed by atoms with Crippen molar-refractivity contribution in [3.63, 3.8) is 0 Å². The van der Waals surface area contributed by atoms with Gasteiger partial charge in [-0.15, -0.1) is 10.2 Å². The van der Waals surface area contributed by atoms with E-state index in [0.29, 0.717) is 16.7 Å². The van der Waals surface area contributed by atoms with Crippen molar-refractivity contribution in [2.45, 2.75) is 13.8 Å². The van der Waals surface area contributed by atoms with Crippen LogP contribution in [0, 0.1) is 13.8 Å². The van der Waals surface area contributed by atoms with Crippen LogP contribution in [0.25, 0.3) is 0 Å². The molecule has 0 saturated carbocycles. The first-order valence-electron chi connectivity index (χ1n) is 9.19. The molecule has 1 aliphatic rings. The van der Waals surface area contributed by atoms with Gasteiger partial charge in [0.15, 0.2) is 11.5 Å². The number of dihydropyridines is 1. The van der Waals surface area contributed by atoms with Crippen LogP contribution in [0.2, 0.25) is 0 Å². The summed E-state index contributed by atoms with van der Waals surface area (Å²) in [5, 5.41) is 18.7. The Kier molecular flexibility index (Phi) is 5.62. The molecule has 0 bridgehead atoms. The molecule has 1 amide bonds. The van der Waals surface area contributed by atoms with Crippen LogP contribution >= 0.6 is 11.3 Å². The zero-order valence-electron chi connectivity index (χ0n) is 16.4. The number of carbonyl (C=O) groups excluding carboxylic acids is 1. The predicted octanol–water partition coefficient (Wildman–Crippen LogP) is 3.97. The first-order valence-corrected chi connectivity index (χ1v) is 10.1. The topological polar surface area (TPSA) is 104 Å². The molecule has 0 spiro atoms. The fourth-order valence-electron chi connectivity index (χ4n) is 2.65. The molecule has 0 unspecified atom stereocenters. The predicted molar refractivity (Wildman–Crippen MR) is 121 cm³/mol. The van der Waals surface area contributed by atoms with Crippen LogP contribution in [0.3, 0.4) is 0 Å². The Labute approximate surface area is 177 Å². The second-order valence-electron chi connectivity index (χ2n) is 6.66. The van der Waals surface area contributed by atoms with Crippen molar-refractivity contribution in [3.8, 4) is 0 Å². The van der Waals surface area contributed by atoms with Gasteiger partial charge >= 0.3 is 0 Å². The van der Waals surface area contributed by atoms with Gasteiger partial charge < -0.3 is 10.6 Å². The molecule has 3 aromatic rings. The molecule has 8 nitrogen and oxygen atoms in total. The lowest BCUT2D eigenvalue weighted by Crippen LogP contribution is -2.29. The fourth-order valence-corrected chi connectivity index (χ4v) is 3.04. The minimum Gasteiger partial charge on any atom is -0.352 e. The summed E-state index contributed by atoms with van der Waals surface area (Å²) in [7, 11) is 0. The zero-order chi connectivity index (χ0) is 20.9. The third-order valence-electron chi connectivity index (χ3n) is 4.25. The summed E-state index contributed by atoms with van der Waals surface area (Å²) in [5.74, 6) is -0.0459. The van der Waals surface area contributed by atoms with Gasteiger partial charge in [0.2, 0.25) is 5.13 Å². The molecular weight excluding hydrogens is 398 g/mol. The lowest BCUT2D eigenvalue weighted by molar-refractivity contribution is -0.111. The monoisotopic (exact) mass is 417 g/mol. The van der Waals surface area contributed by atoms with Crippen molar-refractivity contribution in [3.05, 3.63) is 76.9 Å². The molecule has 30 heavy (non-hydrogen) atoms. The number of rotatable bonds is 5. The van der Waals surface area contributed by atoms with E-state index in [4.69, 9.17) is 0 Å². The van der Waals surface area contributed by atoms with Crippen LogP contribution in [-0.2, 0) is 4.79 Å². The summed E-state index contributed by atoms with van der Waals surface area (Å²) < 4.78 is 0. The average Bonchev–Trinajstić information content (AvgIpc) is 3.26. The highest BCUT2D eigenvalue weighted by Gasteiger charge is 2.21. The van der Waals surface area contributed by atoms with Gasteiger partial charge in [0.05, 0.1) is 5.70 Å². The number of aliphatic imine (C=N–C) groups is 1. The summed E-state index contributed by atoms with van der Waals surface area (Å²) in [4.78, 5) is 16.8. The Hall–Kier alpha value is -3.85. The minimum absolute atomic E-state index is 0.161. The van der Waals surface area contributed by atoms with Crippen molar-refractivity contribution < 1.29 is 4.79 Å². The maximum Gasteiger partial charge on any atom is 0.299 e. The maximum absolute atomic E-state index is 12.5. The van der Waals surface area contributed by atoms with Crippen LogP contribution in [0.1, 0.15) is 11.1 Å². The number of amides is 1. The third-order valence-corrected chi connectivity index (χ3v) is 4.84. The van der Waals surface area contributed by atoms with E-state index in [1.165, 1.54) is 11.3 Å². The molecule has 0 radical (unpaired) electrons. The second kappa shape index (κ2) is 8.66. The standard InChI is InChI=1S/C21H19N7OS/c1-13-3-7-15(8-4-13)23-17-11-18(26-28-21-27-22-12-30-21)20(29)25-19(17)24-16-9-5-14(2)6-10-16/h3-12,23H,1-2H3,(H,27,28)(H,24,25,29). The molecule has 2 aromatic carbocycles. The molecule has 0 aliphatic carbocycles. The first kappa shape index (κ1) is 19.5. The number of nitrogens with zero attached hydrogens (tertiary/aromatic N) is 4. The van der Waals surface area contributed by atoms with Gasteiger partial charge in [-0.1, -0.05) is 46.7 Å². The summed E-state index contributed by atoms with van der Waals surface area (Å²) in [6.07, 6.45) is 1.65. The molecule has 1 aromatic heterocycles. The van der Waals surface area contributed by atoms with E-state index in [2.05, 4.69) is 36.4 Å². The third kappa shape index (κ3) is 4.76. The van der Waals surface area contributed by atoms with E-state index in [1.54, 1.807) is 11.6 Å². The second-order valence-corrected chi connectivity index (χ2v) is 7.49. The first-order chi connectivity index (χ1) is 14.6. The largest absolute Gasteiger partial charge is 0.352 e. The number of aromatic nitrogens is 2. The molecule has 0 atom stereocenters. The Bertz CT molecular complexity index is 1130. The van der Waals surface area contributed by atoms with Gasteiger partial charge in [0.25, 0.3) is 5.91 Å². The fraction of sp³-hybridized carbons (Fsp3) is 0.0952. The van der Waals surface area contributed by atoms with E-state index in [0.717, 1.165) is 22.5 Å². The van der Waals surface area contributed by atoms with Gasteiger partial charge in [0, 0.05) is 11.4 Å². The molecule has 0 saturated heterocycles. The van der Waals surface area contributed by atoms with Gasteiger partial charge in [-0.25, -0.2) is 0 Å². The number of amidine groups is 1. The van der Waals surface area contributed by atoms with E-state index >= 15 is 0 Å². The summed E-state index contributed by atoms with van der Waals surface area (Å²) in [6, 6.07) is 15.8. The quantitative estimate of drug-likeness (QED) is 0.543. The summed E-state index contributed by atoms with van der Waals surface area (Å²) in [5.41, 5.74) is 9.10. The van der Waals surface area contributed by atoms with Crippen LogP contribution in [0.4, 0.5) is 16.5 Å². The number of hydrogen-bond donors (Lipinski definition) is 3. The van der Waals surface area contributed by atoms with Crippen molar-refractivity contribution in [1.29, 1.82) is 0 Å². The van der Waals surface area contributed by atoms with Crippen molar-refractivity contribution in [1.82, 2.24) is 10.2 Å². The van der Waals surface area contributed by atoms with Crippen LogP contribution in [-0.4, -0.2) is 27.7 Å².